The maximum atomic E-state index is 9.40. The molecular weight excluding hydrogens is 908 g/mol. The normalized spacial score (nSPS) is 24.1. The van der Waals surface area contributed by atoms with Crippen LogP contribution in [0.2, 0.25) is 0 Å². The molecule has 3 aliphatic heterocycles. The molecule has 5 atom stereocenters. The Morgan fingerprint density at radius 2 is 1.21 bits per heavy atom. The zero-order chi connectivity index (χ0) is 48.7. The predicted octanol–water partition coefficient (Wildman–Crippen LogP) is 11.8. The molecule has 6 aromatic rings. The number of fused-ring (bicyclic) bond motifs is 3. The molecule has 3 spiro atoms. The molecule has 3 heterocycles. The van der Waals surface area contributed by atoms with Gasteiger partial charge in [0.1, 0.15) is 22.7 Å². The molecular formula is C58H57ClN8O4. The summed E-state index contributed by atoms with van der Waals surface area (Å²) in [4.78, 5) is 15.5. The fourth-order valence-corrected chi connectivity index (χ4v) is 11.2. The van der Waals surface area contributed by atoms with Crippen LogP contribution in [0.4, 0.5) is 0 Å². The summed E-state index contributed by atoms with van der Waals surface area (Å²) in [5.41, 5.74) is 16.7. The first kappa shape index (κ1) is 49.9. The molecule has 5 aliphatic rings. The van der Waals surface area contributed by atoms with E-state index < -0.39 is 5.72 Å². The zero-order valence-corrected chi connectivity index (χ0v) is 40.7. The summed E-state index contributed by atoms with van der Waals surface area (Å²) in [6.07, 6.45) is 11.5. The van der Waals surface area contributed by atoms with E-state index in [1.54, 1.807) is 23.7 Å². The summed E-state index contributed by atoms with van der Waals surface area (Å²) >= 11 is 0. The van der Waals surface area contributed by atoms with Crippen molar-refractivity contribution in [3.63, 3.8) is 0 Å². The van der Waals surface area contributed by atoms with Gasteiger partial charge in [0, 0.05) is 32.5 Å². The number of halogens is 1. The fraction of sp³-hybridized carbons (Fsp3) is 0.293. The summed E-state index contributed by atoms with van der Waals surface area (Å²) in [7, 11) is 3.23. The average molecular weight is 966 g/mol. The Morgan fingerprint density at radius 1 is 0.690 bits per heavy atom. The predicted molar refractivity (Wildman–Crippen MR) is 277 cm³/mol. The van der Waals surface area contributed by atoms with Gasteiger partial charge in [-0.2, -0.15) is 20.8 Å². The van der Waals surface area contributed by atoms with Crippen LogP contribution in [-0.2, 0) is 10.6 Å². The van der Waals surface area contributed by atoms with Crippen molar-refractivity contribution in [2.45, 2.75) is 93.0 Å². The quantitative estimate of drug-likeness (QED) is 0.113. The van der Waals surface area contributed by atoms with Crippen molar-refractivity contribution < 1.29 is 19.5 Å². The Kier molecular flexibility index (Phi) is 15.2. The number of ether oxygens (including phenoxy) is 2. The number of benzene rings is 6. The summed E-state index contributed by atoms with van der Waals surface area (Å²) in [5.74, 6) is 2.82. The molecule has 0 bridgehead atoms. The molecule has 12 nitrogen and oxygen atoms in total. The smallest absolute Gasteiger partial charge is 0.222 e. The second kappa shape index (κ2) is 21.6. The molecule has 2 fully saturated rings. The highest BCUT2D eigenvalue weighted by atomic mass is 35.5. The zero-order valence-electron chi connectivity index (χ0n) is 39.9. The van der Waals surface area contributed by atoms with Crippen molar-refractivity contribution in [2.24, 2.45) is 15.7 Å². The highest BCUT2D eigenvalue weighted by Crippen LogP contribution is 2.56. The number of nitrogens with two attached hydrogens (primary N) is 1. The van der Waals surface area contributed by atoms with Gasteiger partial charge in [-0.1, -0.05) is 97.1 Å². The molecule has 6 aromatic carbocycles. The van der Waals surface area contributed by atoms with E-state index in [0.717, 1.165) is 102 Å². The molecule has 0 amide bonds. The number of hydroxylamine groups is 3. The van der Waals surface area contributed by atoms with Gasteiger partial charge in [0.05, 0.1) is 34.5 Å². The lowest BCUT2D eigenvalue weighted by molar-refractivity contribution is -0.208. The van der Waals surface area contributed by atoms with Crippen molar-refractivity contribution in [1.29, 1.82) is 15.8 Å². The van der Waals surface area contributed by atoms with E-state index in [2.05, 4.69) is 83.9 Å². The van der Waals surface area contributed by atoms with Gasteiger partial charge < -0.3 is 20.4 Å². The molecule has 13 heteroatoms. The Morgan fingerprint density at radius 3 is 1.76 bits per heavy atom. The van der Waals surface area contributed by atoms with Crippen molar-refractivity contribution in [2.75, 3.05) is 14.1 Å². The lowest BCUT2D eigenvalue weighted by Gasteiger charge is -2.48. The number of nitrogens with one attached hydrogen (secondary N) is 1. The van der Waals surface area contributed by atoms with Crippen LogP contribution in [0.5, 0.6) is 11.5 Å². The standard InChI is InChI=1S/C29H28N4O2.C28H23N3O.CH5NO.ClH/c1-33-27(31)32-29(35-33)19-28(14-6-11-24(17-28)21-8-3-2-4-9-21)34-26-13-12-23(16-25(26)29)22-10-5-7-20(15-22)18-30;29-18-20-6-4-9-22(14-20)23-11-12-27-25(15-23)26(31-19-30)17-28(32-27)13-5-10-24(16-28)21-7-2-1-3-8-21;1-2-3;/h2-5,7-10,12-13,15-16,24H,6,11,14,17,19H2,1H3,(H2,31,32);1-4,6-9,11-12,14-15,24H,5,10,13,16-17H2;2-3H,1H3;1H. The summed E-state index contributed by atoms with van der Waals surface area (Å²) in [6.45, 7) is 0. The average Bonchev–Trinajstić information content (AvgIpc) is 3.68. The van der Waals surface area contributed by atoms with Gasteiger partial charge in [-0.3, -0.25) is 0 Å². The van der Waals surface area contributed by atoms with E-state index in [4.69, 9.17) is 30.2 Å². The minimum Gasteiger partial charge on any atom is -0.487 e. The van der Waals surface area contributed by atoms with Gasteiger partial charge in [0.15, 0.2) is 0 Å². The third-order valence-corrected chi connectivity index (χ3v) is 14.3. The second-order valence-electron chi connectivity index (χ2n) is 18.9. The Bertz CT molecular complexity index is 3060. The monoisotopic (exact) mass is 964 g/mol. The number of nitriles is 3. The maximum Gasteiger partial charge on any atom is 0.222 e. The van der Waals surface area contributed by atoms with Crippen molar-refractivity contribution in [3.8, 4) is 52.1 Å². The summed E-state index contributed by atoms with van der Waals surface area (Å²) < 4.78 is 13.5. The van der Waals surface area contributed by atoms with Crippen LogP contribution in [0.15, 0.2) is 156 Å². The largest absolute Gasteiger partial charge is 0.487 e. The highest BCUT2D eigenvalue weighted by molar-refractivity contribution is 6.06. The molecule has 0 saturated heterocycles. The topological polar surface area (TPSA) is 185 Å². The number of rotatable bonds is 4. The first-order chi connectivity index (χ1) is 34.1. The van der Waals surface area contributed by atoms with Gasteiger partial charge >= 0.3 is 0 Å². The maximum absolute atomic E-state index is 9.40. The fourth-order valence-electron chi connectivity index (χ4n) is 11.2. The number of guanidine groups is 1. The van der Waals surface area contributed by atoms with Gasteiger partial charge in [-0.25, -0.2) is 20.4 Å². The van der Waals surface area contributed by atoms with E-state index in [0.29, 0.717) is 41.8 Å². The van der Waals surface area contributed by atoms with Crippen molar-refractivity contribution in [1.82, 2.24) is 10.5 Å². The van der Waals surface area contributed by atoms with E-state index >= 15 is 0 Å². The molecule has 11 rings (SSSR count). The van der Waals surface area contributed by atoms with E-state index in [-0.39, 0.29) is 23.6 Å². The summed E-state index contributed by atoms with van der Waals surface area (Å²) in [5, 5.41) is 36.9. The van der Waals surface area contributed by atoms with Crippen LogP contribution in [0.3, 0.4) is 0 Å². The minimum absolute atomic E-state index is 0. The van der Waals surface area contributed by atoms with Gasteiger partial charge in [0.2, 0.25) is 17.9 Å². The van der Waals surface area contributed by atoms with Crippen molar-refractivity contribution in [3.05, 3.63) is 179 Å². The van der Waals surface area contributed by atoms with Crippen LogP contribution in [0, 0.1) is 34.1 Å². The number of hydrogen-bond acceptors (Lipinski definition) is 12. The molecule has 0 radical (unpaired) electrons. The number of nitrogens with zero attached hydrogens (tertiary/aromatic N) is 6. The van der Waals surface area contributed by atoms with Crippen LogP contribution in [-0.4, -0.2) is 47.2 Å². The van der Waals surface area contributed by atoms with E-state index in [1.165, 1.54) is 18.2 Å². The summed E-state index contributed by atoms with van der Waals surface area (Å²) in [6, 6.07) is 53.1. The second-order valence-corrected chi connectivity index (χ2v) is 18.9. The van der Waals surface area contributed by atoms with Crippen molar-refractivity contribution >= 4 is 24.1 Å². The Balaban J connectivity index is 0.000000179. The SMILES string of the molecule is CN1OC2(CC3(CCCC(c4ccccc4)C3)Oc3ccc(-c4cccc(C#N)c4)cc32)N=C1N.CNO.Cl.N#CN=C1CC2(CCCC(c3ccccc3)C2)Oc2ccc(-c3cccc(C#N)c3)cc21. The molecule has 5 unspecified atom stereocenters. The molecule has 0 aromatic heterocycles. The number of aliphatic imine (C=N–C) groups is 2. The van der Waals surface area contributed by atoms with Gasteiger partial charge in [-0.15, -0.1) is 12.4 Å². The van der Waals surface area contributed by atoms with E-state index in [1.807, 2.05) is 79.0 Å². The van der Waals surface area contributed by atoms with Crippen LogP contribution in [0.1, 0.15) is 109 Å². The Hall–Kier alpha value is -7.50. The number of hydrogen-bond donors (Lipinski definition) is 3. The molecule has 360 valence electrons. The van der Waals surface area contributed by atoms with Crippen LogP contribution < -0.4 is 20.7 Å². The third kappa shape index (κ3) is 10.7. The highest BCUT2D eigenvalue weighted by Gasteiger charge is 2.56. The first-order valence-electron chi connectivity index (χ1n) is 23.9. The lowest BCUT2D eigenvalue weighted by atomic mass is 9.70. The molecule has 71 heavy (non-hydrogen) atoms. The van der Waals surface area contributed by atoms with Crippen LogP contribution >= 0.6 is 12.4 Å². The lowest BCUT2D eigenvalue weighted by Crippen LogP contribution is -2.50. The van der Waals surface area contributed by atoms with Gasteiger partial charge in [0.25, 0.3) is 0 Å². The molecule has 4 N–H and O–H groups in total. The first-order valence-corrected chi connectivity index (χ1v) is 23.9. The Labute approximate surface area is 422 Å². The third-order valence-electron chi connectivity index (χ3n) is 14.3. The van der Waals surface area contributed by atoms with Gasteiger partial charge in [-0.05, 0) is 145 Å². The van der Waals surface area contributed by atoms with Crippen LogP contribution in [0.25, 0.3) is 22.3 Å². The molecule has 2 saturated carbocycles. The minimum atomic E-state index is -0.937. The van der Waals surface area contributed by atoms with E-state index in [9.17, 15) is 15.8 Å². The molecule has 2 aliphatic carbocycles.